The maximum absolute atomic E-state index is 8.67. The molecule has 0 unspecified atom stereocenters. The monoisotopic (exact) mass is 636 g/mol. The second-order valence-electron chi connectivity index (χ2n) is 10.6. The van der Waals surface area contributed by atoms with E-state index in [0.29, 0.717) is 0 Å². The Morgan fingerprint density at radius 1 is 0.463 bits per heavy atom. The van der Waals surface area contributed by atoms with E-state index in [4.69, 9.17) is 19.7 Å². The molecule has 2 aromatic carbocycles. The van der Waals surface area contributed by atoms with Gasteiger partial charge in [-0.05, 0) is 43.5 Å². The van der Waals surface area contributed by atoms with Crippen molar-refractivity contribution in [3.63, 3.8) is 0 Å². The van der Waals surface area contributed by atoms with Gasteiger partial charge in [0, 0.05) is 5.33 Å². The molecule has 0 spiro atoms. The molecule has 0 bridgehead atoms. The highest BCUT2D eigenvalue weighted by Gasteiger charge is 2.04. The van der Waals surface area contributed by atoms with Crippen molar-refractivity contribution in [3.8, 4) is 23.0 Å². The van der Waals surface area contributed by atoms with Crippen LogP contribution < -0.4 is 9.47 Å². The fourth-order valence-electron chi connectivity index (χ4n) is 4.16. The van der Waals surface area contributed by atoms with Gasteiger partial charge in [-0.2, -0.15) is 0 Å². The Hall–Kier alpha value is -1.88. The summed E-state index contributed by atoms with van der Waals surface area (Å²) in [6, 6.07) is 14.2. The van der Waals surface area contributed by atoms with Gasteiger partial charge in [0.2, 0.25) is 0 Å². The molecule has 0 aromatic heterocycles. The van der Waals surface area contributed by atoms with Crippen LogP contribution in [-0.4, -0.2) is 28.8 Å². The molecule has 0 saturated heterocycles. The highest BCUT2D eigenvalue weighted by molar-refractivity contribution is 9.09. The molecular weight excluding hydrogens is 576 g/mol. The van der Waals surface area contributed by atoms with Crippen LogP contribution in [0, 0.1) is 0 Å². The third kappa shape index (κ3) is 25.5. The van der Waals surface area contributed by atoms with Crippen LogP contribution in [0.15, 0.2) is 48.5 Å². The van der Waals surface area contributed by atoms with Gasteiger partial charge in [0.25, 0.3) is 0 Å². The molecule has 5 heteroatoms. The number of ether oxygens (including phenoxy) is 2. The molecule has 0 aliphatic rings. The molecule has 4 nitrogen and oxygen atoms in total. The van der Waals surface area contributed by atoms with Gasteiger partial charge in [-0.3, -0.25) is 0 Å². The van der Waals surface area contributed by atoms with Crippen molar-refractivity contribution in [2.24, 2.45) is 0 Å². The Bertz CT molecular complexity index is 735. The lowest BCUT2D eigenvalue weighted by atomic mass is 10.1. The van der Waals surface area contributed by atoms with Crippen LogP contribution in [0.25, 0.3) is 0 Å². The average Bonchev–Trinajstić information content (AvgIpc) is 2.99. The summed E-state index contributed by atoms with van der Waals surface area (Å²) >= 11 is 3.42. The second-order valence-corrected chi connectivity index (χ2v) is 11.4. The first-order valence-corrected chi connectivity index (χ1v) is 17.6. The minimum Gasteiger partial charge on any atom is -0.504 e. The zero-order valence-corrected chi connectivity index (χ0v) is 28.1. The number of aromatic hydroxyl groups is 2. The van der Waals surface area contributed by atoms with Crippen molar-refractivity contribution in [1.29, 1.82) is 0 Å². The van der Waals surface area contributed by atoms with Crippen LogP contribution in [0.4, 0.5) is 0 Å². The van der Waals surface area contributed by atoms with E-state index in [2.05, 4.69) is 36.7 Å². The van der Waals surface area contributed by atoms with Crippen molar-refractivity contribution < 1.29 is 19.7 Å². The predicted octanol–water partition coefficient (Wildman–Crippen LogP) is 12.0. The summed E-state index contributed by atoms with van der Waals surface area (Å²) in [5, 5.41) is 18.5. The van der Waals surface area contributed by atoms with Crippen LogP contribution in [0.1, 0.15) is 136 Å². The maximum Gasteiger partial charge on any atom is 0.161 e. The molecule has 2 rings (SSSR count). The fraction of sp³-hybridized carbons (Fsp3) is 0.667. The molecule has 0 saturated carbocycles. The van der Waals surface area contributed by atoms with Gasteiger partial charge in [-0.15, -0.1) is 0 Å². The topological polar surface area (TPSA) is 58.9 Å². The molecule has 0 aliphatic carbocycles. The average molecular weight is 638 g/mol. The summed E-state index contributed by atoms with van der Waals surface area (Å²) in [5.74, 6) is 1.65. The van der Waals surface area contributed by atoms with Crippen LogP contribution in [-0.2, 0) is 0 Å². The highest BCUT2D eigenvalue weighted by atomic mass is 79.9. The Morgan fingerprint density at radius 2 is 0.780 bits per heavy atom. The SMILES string of the molecule is CCCCCCCCBr.CCCCCCCCOc1ccccc1OCCCCCCCC.Oc1ccccc1O. The molecule has 2 aromatic rings. The molecule has 0 radical (unpaired) electrons. The number of hydrogen-bond donors (Lipinski definition) is 2. The number of alkyl halides is 1. The van der Waals surface area contributed by atoms with Gasteiger partial charge in [0.1, 0.15) is 0 Å². The van der Waals surface area contributed by atoms with E-state index in [1.54, 1.807) is 12.1 Å². The van der Waals surface area contributed by atoms with E-state index in [1.165, 1.54) is 120 Å². The number of benzene rings is 2. The molecule has 0 heterocycles. The van der Waals surface area contributed by atoms with Gasteiger partial charge in [0.15, 0.2) is 23.0 Å². The lowest BCUT2D eigenvalue weighted by molar-refractivity contribution is 0.258. The largest absolute Gasteiger partial charge is 0.504 e. The second kappa shape index (κ2) is 31.1. The molecule has 236 valence electrons. The van der Waals surface area contributed by atoms with Gasteiger partial charge in [0.05, 0.1) is 13.2 Å². The van der Waals surface area contributed by atoms with E-state index in [0.717, 1.165) is 37.6 Å². The van der Waals surface area contributed by atoms with E-state index < -0.39 is 0 Å². The smallest absolute Gasteiger partial charge is 0.161 e. The lowest BCUT2D eigenvalue weighted by Gasteiger charge is -2.12. The fourth-order valence-corrected chi connectivity index (χ4v) is 4.55. The summed E-state index contributed by atoms with van der Waals surface area (Å²) in [7, 11) is 0. The van der Waals surface area contributed by atoms with Crippen molar-refractivity contribution in [2.75, 3.05) is 18.5 Å². The van der Waals surface area contributed by atoms with Crippen molar-refractivity contribution in [3.05, 3.63) is 48.5 Å². The minimum absolute atomic E-state index is 0.0764. The van der Waals surface area contributed by atoms with E-state index in [9.17, 15) is 0 Å². The standard InChI is InChI=1S/C22H38O2.C8H17Br.C6H6O2/c1-3-5-7-9-11-15-19-23-21-17-13-14-18-22(21)24-20-16-12-10-8-6-4-2;1-2-3-4-5-6-7-8-9;7-5-3-1-2-4-6(5)8/h13-14,17-18H,3-12,15-16,19-20H2,1-2H3;2-8H2,1H3;1-4,7-8H. The molecule has 2 N–H and O–H groups in total. The highest BCUT2D eigenvalue weighted by Crippen LogP contribution is 2.27. The van der Waals surface area contributed by atoms with Crippen molar-refractivity contribution in [2.45, 2.75) is 136 Å². The quantitative estimate of drug-likeness (QED) is 0.0766. The predicted molar refractivity (Wildman–Crippen MR) is 181 cm³/mol. The lowest BCUT2D eigenvalue weighted by Crippen LogP contribution is -2.02. The number of unbranched alkanes of at least 4 members (excludes halogenated alkanes) is 15. The number of phenols is 2. The number of hydrogen-bond acceptors (Lipinski definition) is 4. The minimum atomic E-state index is -0.0764. The Kier molecular flexibility index (Phi) is 29.6. The number of halogens is 1. The summed E-state index contributed by atoms with van der Waals surface area (Å²) < 4.78 is 11.9. The van der Waals surface area contributed by atoms with E-state index in [1.807, 2.05) is 24.3 Å². The summed E-state index contributed by atoms with van der Waals surface area (Å²) in [4.78, 5) is 0. The normalized spacial score (nSPS) is 10.2. The first-order chi connectivity index (χ1) is 20.1. The zero-order valence-electron chi connectivity index (χ0n) is 26.6. The number of rotatable bonds is 22. The van der Waals surface area contributed by atoms with Gasteiger partial charge >= 0.3 is 0 Å². The zero-order chi connectivity index (χ0) is 30.2. The molecule has 0 aliphatic heterocycles. The van der Waals surface area contributed by atoms with E-state index in [-0.39, 0.29) is 11.5 Å². The van der Waals surface area contributed by atoms with Gasteiger partial charge in [-0.1, -0.05) is 157 Å². The van der Waals surface area contributed by atoms with Crippen LogP contribution in [0.3, 0.4) is 0 Å². The van der Waals surface area contributed by atoms with Crippen LogP contribution in [0.5, 0.6) is 23.0 Å². The molecule has 41 heavy (non-hydrogen) atoms. The van der Waals surface area contributed by atoms with E-state index >= 15 is 0 Å². The van der Waals surface area contributed by atoms with Gasteiger partial charge in [-0.25, -0.2) is 0 Å². The van der Waals surface area contributed by atoms with Crippen LogP contribution in [0.2, 0.25) is 0 Å². The van der Waals surface area contributed by atoms with Crippen molar-refractivity contribution in [1.82, 2.24) is 0 Å². The first kappa shape index (κ1) is 39.1. The first-order valence-electron chi connectivity index (χ1n) is 16.5. The molecule has 0 fully saturated rings. The third-order valence-electron chi connectivity index (χ3n) is 6.73. The van der Waals surface area contributed by atoms with Crippen LogP contribution >= 0.6 is 15.9 Å². The Labute approximate surface area is 261 Å². The van der Waals surface area contributed by atoms with Crippen molar-refractivity contribution >= 4 is 15.9 Å². The summed E-state index contributed by atoms with van der Waals surface area (Å²) in [5.41, 5.74) is 0. The van der Waals surface area contributed by atoms with Gasteiger partial charge < -0.3 is 19.7 Å². The molecular formula is C36H61BrO4. The Morgan fingerprint density at radius 3 is 1.12 bits per heavy atom. The number of para-hydroxylation sites is 4. The molecule has 0 amide bonds. The Balaban J connectivity index is 0.000000762. The summed E-state index contributed by atoms with van der Waals surface area (Å²) in [6.45, 7) is 8.36. The maximum atomic E-state index is 8.67. The number of phenolic OH excluding ortho intramolecular Hbond substituents is 2. The third-order valence-corrected chi connectivity index (χ3v) is 7.29. The molecule has 0 atom stereocenters. The summed E-state index contributed by atoms with van der Waals surface area (Å²) in [6.07, 6.45) is 23.9.